The summed E-state index contributed by atoms with van der Waals surface area (Å²) in [6, 6.07) is 5.13. The van der Waals surface area contributed by atoms with E-state index in [1.165, 1.54) is 35.9 Å². The number of carboxylic acid groups (broad SMARTS) is 1. The summed E-state index contributed by atoms with van der Waals surface area (Å²) in [6.45, 7) is 0. The first-order chi connectivity index (χ1) is 9.15. The molecule has 2 rings (SSSR count). The number of hydrogen-bond acceptors (Lipinski definition) is 4. The summed E-state index contributed by atoms with van der Waals surface area (Å²) in [6.07, 6.45) is 5.69. The molecule has 0 aliphatic rings. The van der Waals surface area contributed by atoms with Crippen molar-refractivity contribution in [3.63, 3.8) is 0 Å². The van der Waals surface area contributed by atoms with Gasteiger partial charge in [0.15, 0.2) is 0 Å². The van der Waals surface area contributed by atoms with E-state index in [0.717, 1.165) is 4.88 Å². The molecule has 0 aliphatic heterocycles. The van der Waals surface area contributed by atoms with Crippen molar-refractivity contribution in [2.75, 3.05) is 5.32 Å². The van der Waals surface area contributed by atoms with E-state index in [2.05, 4.69) is 10.3 Å². The number of aromatic nitrogens is 1. The highest BCUT2D eigenvalue weighted by Gasteiger charge is 2.05. The van der Waals surface area contributed by atoms with Crippen LogP contribution in [-0.2, 0) is 4.79 Å². The normalized spacial score (nSPS) is 10.5. The van der Waals surface area contributed by atoms with Crippen molar-refractivity contribution in [3.05, 3.63) is 52.5 Å². The van der Waals surface area contributed by atoms with Gasteiger partial charge in [0.05, 0.1) is 17.4 Å². The zero-order valence-electron chi connectivity index (χ0n) is 9.74. The van der Waals surface area contributed by atoms with Gasteiger partial charge >= 0.3 is 5.97 Å². The maximum absolute atomic E-state index is 11.6. The lowest BCUT2D eigenvalue weighted by Crippen LogP contribution is -2.09. The van der Waals surface area contributed by atoms with Crippen LogP contribution in [0.4, 0.5) is 5.69 Å². The maximum Gasteiger partial charge on any atom is 0.337 e. The number of carbonyl (C=O) groups is 2. The van der Waals surface area contributed by atoms with Gasteiger partial charge in [0.25, 0.3) is 0 Å². The highest BCUT2D eigenvalue weighted by molar-refractivity contribution is 7.10. The van der Waals surface area contributed by atoms with Crippen LogP contribution in [-0.4, -0.2) is 22.0 Å². The average Bonchev–Trinajstić information content (AvgIpc) is 2.90. The first-order valence-corrected chi connectivity index (χ1v) is 6.24. The summed E-state index contributed by atoms with van der Waals surface area (Å²) in [5.74, 6) is -1.42. The van der Waals surface area contributed by atoms with Crippen LogP contribution in [0.3, 0.4) is 0 Å². The lowest BCUT2D eigenvalue weighted by Gasteiger charge is -2.02. The predicted molar refractivity (Wildman–Crippen MR) is 73.2 cm³/mol. The standard InChI is InChI=1S/C13H10N2O3S/c16-12(4-3-11-2-1-5-19-11)15-10-6-9(13(17)18)7-14-8-10/h1-8H,(H,15,16)(H,17,18). The number of hydrogen-bond donors (Lipinski definition) is 2. The van der Waals surface area contributed by atoms with E-state index in [-0.39, 0.29) is 11.5 Å². The minimum Gasteiger partial charge on any atom is -0.478 e. The predicted octanol–water partition coefficient (Wildman–Crippen LogP) is 2.49. The Morgan fingerprint density at radius 1 is 1.37 bits per heavy atom. The molecule has 2 N–H and O–H groups in total. The van der Waals surface area contributed by atoms with Crippen LogP contribution in [0.15, 0.2) is 42.0 Å². The van der Waals surface area contributed by atoms with E-state index >= 15 is 0 Å². The molecule has 0 atom stereocenters. The third-order valence-corrected chi connectivity index (χ3v) is 3.03. The van der Waals surface area contributed by atoms with Gasteiger partial charge in [0, 0.05) is 17.2 Å². The molecule has 0 bridgehead atoms. The monoisotopic (exact) mass is 274 g/mol. The van der Waals surface area contributed by atoms with Gasteiger partial charge in [-0.25, -0.2) is 4.79 Å². The largest absolute Gasteiger partial charge is 0.478 e. The lowest BCUT2D eigenvalue weighted by atomic mass is 10.2. The number of nitrogens with zero attached hydrogens (tertiary/aromatic N) is 1. The number of rotatable bonds is 4. The first kappa shape index (κ1) is 13.0. The van der Waals surface area contributed by atoms with Crippen LogP contribution < -0.4 is 5.32 Å². The zero-order valence-corrected chi connectivity index (χ0v) is 10.6. The van der Waals surface area contributed by atoms with Gasteiger partial charge in [-0.2, -0.15) is 0 Å². The molecule has 6 heteroatoms. The number of amides is 1. The van der Waals surface area contributed by atoms with Crippen molar-refractivity contribution in [1.82, 2.24) is 4.98 Å². The van der Waals surface area contributed by atoms with E-state index in [4.69, 9.17) is 5.11 Å². The van der Waals surface area contributed by atoms with E-state index in [0.29, 0.717) is 5.69 Å². The van der Waals surface area contributed by atoms with Crippen LogP contribution in [0.1, 0.15) is 15.2 Å². The fourth-order valence-electron chi connectivity index (χ4n) is 1.35. The maximum atomic E-state index is 11.6. The van der Waals surface area contributed by atoms with Gasteiger partial charge in [-0.05, 0) is 23.6 Å². The van der Waals surface area contributed by atoms with Gasteiger partial charge in [0.1, 0.15) is 0 Å². The Morgan fingerprint density at radius 2 is 2.21 bits per heavy atom. The molecular formula is C13H10N2O3S. The number of thiophene rings is 1. The smallest absolute Gasteiger partial charge is 0.337 e. The molecule has 19 heavy (non-hydrogen) atoms. The fraction of sp³-hybridized carbons (Fsp3) is 0. The second-order valence-electron chi connectivity index (χ2n) is 3.61. The van der Waals surface area contributed by atoms with E-state index in [1.54, 1.807) is 6.08 Å². The summed E-state index contributed by atoms with van der Waals surface area (Å²) in [7, 11) is 0. The van der Waals surface area contributed by atoms with E-state index in [1.807, 2.05) is 17.5 Å². The number of anilines is 1. The second-order valence-corrected chi connectivity index (χ2v) is 4.58. The van der Waals surface area contributed by atoms with Gasteiger partial charge in [0.2, 0.25) is 5.91 Å². The molecular weight excluding hydrogens is 264 g/mol. The quantitative estimate of drug-likeness (QED) is 0.839. The molecule has 0 saturated carbocycles. The molecule has 0 unspecified atom stereocenters. The van der Waals surface area contributed by atoms with Crippen LogP contribution in [0.2, 0.25) is 0 Å². The van der Waals surface area contributed by atoms with Crippen molar-refractivity contribution in [2.45, 2.75) is 0 Å². The fourth-order valence-corrected chi connectivity index (χ4v) is 1.97. The van der Waals surface area contributed by atoms with Gasteiger partial charge in [-0.3, -0.25) is 9.78 Å². The van der Waals surface area contributed by atoms with Crippen LogP contribution in [0.25, 0.3) is 6.08 Å². The Kier molecular flexibility index (Phi) is 4.04. The molecule has 0 spiro atoms. The topological polar surface area (TPSA) is 79.3 Å². The molecule has 96 valence electrons. The molecule has 5 nitrogen and oxygen atoms in total. The second kappa shape index (κ2) is 5.92. The highest BCUT2D eigenvalue weighted by atomic mass is 32.1. The van der Waals surface area contributed by atoms with Crippen LogP contribution >= 0.6 is 11.3 Å². The van der Waals surface area contributed by atoms with Crippen molar-refractivity contribution >= 4 is 35.0 Å². The Hall–Kier alpha value is -2.47. The molecule has 0 aliphatic carbocycles. The van der Waals surface area contributed by atoms with Crippen molar-refractivity contribution < 1.29 is 14.7 Å². The molecule has 1 amide bonds. The number of pyridine rings is 1. The number of carboxylic acids is 1. The summed E-state index contributed by atoms with van der Waals surface area (Å²) in [5.41, 5.74) is 0.376. The SMILES string of the molecule is O=C(C=Cc1cccs1)Nc1cncc(C(=O)O)c1. The summed E-state index contributed by atoms with van der Waals surface area (Å²) in [5, 5.41) is 13.3. The number of aromatic carboxylic acids is 1. The number of carbonyl (C=O) groups excluding carboxylic acids is 1. The molecule has 2 aromatic heterocycles. The first-order valence-electron chi connectivity index (χ1n) is 5.36. The summed E-state index contributed by atoms with van der Waals surface area (Å²) < 4.78 is 0. The Morgan fingerprint density at radius 3 is 2.89 bits per heavy atom. The van der Waals surface area contributed by atoms with Gasteiger partial charge in [-0.1, -0.05) is 6.07 Å². The third-order valence-electron chi connectivity index (χ3n) is 2.19. The van der Waals surface area contributed by atoms with Crippen LogP contribution in [0.5, 0.6) is 0 Å². The molecule has 2 aromatic rings. The van der Waals surface area contributed by atoms with E-state index < -0.39 is 5.97 Å². The Labute approximate surface area is 113 Å². The average molecular weight is 274 g/mol. The minimum absolute atomic E-state index is 0.0278. The van der Waals surface area contributed by atoms with Crippen LogP contribution in [0, 0.1) is 0 Å². The van der Waals surface area contributed by atoms with E-state index in [9.17, 15) is 9.59 Å². The summed E-state index contributed by atoms with van der Waals surface area (Å²) in [4.78, 5) is 27.1. The van der Waals surface area contributed by atoms with Crippen molar-refractivity contribution in [2.24, 2.45) is 0 Å². The highest BCUT2D eigenvalue weighted by Crippen LogP contribution is 2.11. The summed E-state index contributed by atoms with van der Waals surface area (Å²) >= 11 is 1.52. The molecule has 0 fully saturated rings. The van der Waals surface area contributed by atoms with Crippen molar-refractivity contribution in [3.8, 4) is 0 Å². The van der Waals surface area contributed by atoms with Gasteiger partial charge < -0.3 is 10.4 Å². The number of nitrogens with one attached hydrogen (secondary N) is 1. The lowest BCUT2D eigenvalue weighted by molar-refractivity contribution is -0.111. The van der Waals surface area contributed by atoms with Gasteiger partial charge in [-0.15, -0.1) is 11.3 Å². The third kappa shape index (κ3) is 3.75. The minimum atomic E-state index is -1.09. The zero-order chi connectivity index (χ0) is 13.7. The molecule has 2 heterocycles. The Balaban J connectivity index is 2.03. The Bertz CT molecular complexity index is 621. The molecule has 0 saturated heterocycles. The molecule has 0 radical (unpaired) electrons. The molecule has 0 aromatic carbocycles. The van der Waals surface area contributed by atoms with Crippen molar-refractivity contribution in [1.29, 1.82) is 0 Å².